The zero-order valence-electron chi connectivity index (χ0n) is 11.5. The predicted molar refractivity (Wildman–Crippen MR) is 74.6 cm³/mol. The van der Waals surface area contributed by atoms with Gasteiger partial charge >= 0.3 is 0 Å². The number of rotatable bonds is 2. The fraction of sp³-hybridized carbons (Fsp3) is 0.647. The molecular formula is C17H24O. The first kappa shape index (κ1) is 12.2. The Balaban J connectivity index is 1.71. The molecule has 1 N–H and O–H groups in total. The van der Waals surface area contributed by atoms with Crippen LogP contribution in [-0.2, 0) is 6.42 Å². The van der Waals surface area contributed by atoms with E-state index in [1.807, 2.05) is 0 Å². The molecule has 0 aromatic heterocycles. The van der Waals surface area contributed by atoms with Crippen molar-refractivity contribution in [3.8, 4) is 0 Å². The molecule has 1 nitrogen and oxygen atoms in total. The molecule has 2 aliphatic carbocycles. The maximum Gasteiger partial charge on any atom is 0.0640 e. The van der Waals surface area contributed by atoms with E-state index >= 15 is 0 Å². The van der Waals surface area contributed by atoms with Gasteiger partial charge in [0, 0.05) is 5.92 Å². The Morgan fingerprint density at radius 1 is 1.06 bits per heavy atom. The summed E-state index contributed by atoms with van der Waals surface area (Å²) in [5.74, 6) is 2.48. The number of benzene rings is 1. The summed E-state index contributed by atoms with van der Waals surface area (Å²) in [6, 6.07) is 8.60. The number of fused-ring (bicyclic) bond motifs is 1. The lowest BCUT2D eigenvalue weighted by atomic mass is 9.66. The first-order chi connectivity index (χ1) is 8.65. The van der Waals surface area contributed by atoms with Crippen molar-refractivity contribution in [1.82, 2.24) is 0 Å². The molecule has 0 aliphatic heterocycles. The van der Waals surface area contributed by atoms with Crippen LogP contribution in [0, 0.1) is 17.8 Å². The number of hydrogen-bond acceptors (Lipinski definition) is 1. The molecule has 0 heterocycles. The van der Waals surface area contributed by atoms with Gasteiger partial charge in [-0.1, -0.05) is 38.1 Å². The van der Waals surface area contributed by atoms with E-state index in [0.29, 0.717) is 11.8 Å². The fourth-order valence-electron chi connectivity index (χ4n) is 4.22. The zero-order chi connectivity index (χ0) is 12.7. The second kappa shape index (κ2) is 4.70. The number of aliphatic hydroxyl groups is 1. The van der Waals surface area contributed by atoms with Gasteiger partial charge in [0.05, 0.1) is 6.10 Å². The number of hydrogen-bond donors (Lipinski definition) is 1. The van der Waals surface area contributed by atoms with Crippen LogP contribution in [0.25, 0.3) is 0 Å². The summed E-state index contributed by atoms with van der Waals surface area (Å²) in [4.78, 5) is 0. The highest BCUT2D eigenvalue weighted by molar-refractivity contribution is 5.40. The van der Waals surface area contributed by atoms with Crippen molar-refractivity contribution >= 4 is 0 Å². The Morgan fingerprint density at radius 3 is 2.39 bits per heavy atom. The van der Waals surface area contributed by atoms with E-state index in [1.54, 1.807) is 0 Å². The molecule has 1 fully saturated rings. The third-order valence-corrected chi connectivity index (χ3v) is 5.00. The second-order valence-corrected chi connectivity index (χ2v) is 6.68. The molecule has 3 rings (SSSR count). The minimum absolute atomic E-state index is 0.120. The SMILES string of the molecule is CC1CC(C)CC(C(O)C2Cc3ccccc32)C1. The maximum atomic E-state index is 10.7. The topological polar surface area (TPSA) is 20.2 Å². The molecule has 0 radical (unpaired) electrons. The summed E-state index contributed by atoms with van der Waals surface area (Å²) < 4.78 is 0. The summed E-state index contributed by atoms with van der Waals surface area (Å²) in [5.41, 5.74) is 2.84. The largest absolute Gasteiger partial charge is 0.392 e. The van der Waals surface area contributed by atoms with Gasteiger partial charge < -0.3 is 5.11 Å². The molecule has 0 bridgehead atoms. The normalized spacial score (nSPS) is 36.6. The molecule has 4 atom stereocenters. The third-order valence-electron chi connectivity index (χ3n) is 5.00. The van der Waals surface area contributed by atoms with Crippen molar-refractivity contribution in [2.75, 3.05) is 0 Å². The average Bonchev–Trinajstić information content (AvgIpc) is 2.29. The van der Waals surface area contributed by atoms with Gasteiger partial charge in [-0.3, -0.25) is 0 Å². The van der Waals surface area contributed by atoms with Crippen LogP contribution < -0.4 is 0 Å². The summed E-state index contributed by atoms with van der Waals surface area (Å²) in [5, 5.41) is 10.7. The molecule has 98 valence electrons. The lowest BCUT2D eigenvalue weighted by Gasteiger charge is -2.41. The summed E-state index contributed by atoms with van der Waals surface area (Å²) in [7, 11) is 0. The van der Waals surface area contributed by atoms with Crippen molar-refractivity contribution in [3.63, 3.8) is 0 Å². The van der Waals surface area contributed by atoms with Crippen LogP contribution in [0.15, 0.2) is 24.3 Å². The van der Waals surface area contributed by atoms with Crippen molar-refractivity contribution < 1.29 is 5.11 Å². The van der Waals surface area contributed by atoms with E-state index in [0.717, 1.165) is 18.3 Å². The minimum Gasteiger partial charge on any atom is -0.392 e. The van der Waals surface area contributed by atoms with E-state index in [1.165, 1.54) is 30.4 Å². The van der Waals surface area contributed by atoms with Crippen LogP contribution in [0.1, 0.15) is 50.2 Å². The van der Waals surface area contributed by atoms with Gasteiger partial charge in [-0.2, -0.15) is 0 Å². The van der Waals surface area contributed by atoms with E-state index in [9.17, 15) is 5.11 Å². The first-order valence-corrected chi connectivity index (χ1v) is 7.41. The molecule has 1 aromatic rings. The standard InChI is InChI=1S/C17H24O/c1-11-7-12(2)9-14(8-11)17(18)16-10-13-5-3-4-6-15(13)16/h3-6,11-12,14,16-18H,7-10H2,1-2H3. The van der Waals surface area contributed by atoms with Gasteiger partial charge in [-0.15, -0.1) is 0 Å². The summed E-state index contributed by atoms with van der Waals surface area (Å²) in [6.07, 6.45) is 4.72. The van der Waals surface area contributed by atoms with Crippen LogP contribution >= 0.6 is 0 Å². The van der Waals surface area contributed by atoms with E-state index in [-0.39, 0.29) is 6.10 Å². The van der Waals surface area contributed by atoms with Crippen LogP contribution in [0.4, 0.5) is 0 Å². The van der Waals surface area contributed by atoms with Gasteiger partial charge in [-0.05, 0) is 54.6 Å². The van der Waals surface area contributed by atoms with Gasteiger partial charge in [0.15, 0.2) is 0 Å². The second-order valence-electron chi connectivity index (χ2n) is 6.68. The van der Waals surface area contributed by atoms with Crippen LogP contribution in [0.5, 0.6) is 0 Å². The lowest BCUT2D eigenvalue weighted by Crippen LogP contribution is -2.38. The highest BCUT2D eigenvalue weighted by Gasteiger charge is 2.38. The van der Waals surface area contributed by atoms with Crippen LogP contribution in [0.3, 0.4) is 0 Å². The molecule has 1 saturated carbocycles. The van der Waals surface area contributed by atoms with Crippen LogP contribution in [-0.4, -0.2) is 11.2 Å². The Hall–Kier alpha value is -0.820. The van der Waals surface area contributed by atoms with Gasteiger partial charge in [-0.25, -0.2) is 0 Å². The Labute approximate surface area is 110 Å². The van der Waals surface area contributed by atoms with E-state index in [2.05, 4.69) is 38.1 Å². The van der Waals surface area contributed by atoms with Crippen molar-refractivity contribution in [2.24, 2.45) is 17.8 Å². The molecule has 0 amide bonds. The van der Waals surface area contributed by atoms with Crippen LogP contribution in [0.2, 0.25) is 0 Å². The predicted octanol–water partition coefficient (Wildman–Crippen LogP) is 3.76. The molecular weight excluding hydrogens is 220 g/mol. The Kier molecular flexibility index (Phi) is 3.19. The zero-order valence-corrected chi connectivity index (χ0v) is 11.5. The van der Waals surface area contributed by atoms with E-state index < -0.39 is 0 Å². The average molecular weight is 244 g/mol. The lowest BCUT2D eigenvalue weighted by molar-refractivity contribution is 0.0301. The molecule has 1 heteroatoms. The molecule has 1 aromatic carbocycles. The highest BCUT2D eigenvalue weighted by atomic mass is 16.3. The maximum absolute atomic E-state index is 10.7. The quantitative estimate of drug-likeness (QED) is 0.840. The van der Waals surface area contributed by atoms with Gasteiger partial charge in [0.1, 0.15) is 0 Å². The summed E-state index contributed by atoms with van der Waals surface area (Å²) in [6.45, 7) is 4.67. The molecule has 2 aliphatic rings. The molecule has 4 unspecified atom stereocenters. The Bertz CT molecular complexity index is 415. The minimum atomic E-state index is -0.120. The van der Waals surface area contributed by atoms with Gasteiger partial charge in [0.2, 0.25) is 0 Å². The molecule has 0 saturated heterocycles. The monoisotopic (exact) mass is 244 g/mol. The fourth-order valence-corrected chi connectivity index (χ4v) is 4.22. The highest BCUT2D eigenvalue weighted by Crippen LogP contribution is 2.44. The van der Waals surface area contributed by atoms with Crippen molar-refractivity contribution in [1.29, 1.82) is 0 Å². The first-order valence-electron chi connectivity index (χ1n) is 7.41. The summed E-state index contributed by atoms with van der Waals surface area (Å²) >= 11 is 0. The van der Waals surface area contributed by atoms with Gasteiger partial charge in [0.25, 0.3) is 0 Å². The van der Waals surface area contributed by atoms with Crippen molar-refractivity contribution in [3.05, 3.63) is 35.4 Å². The molecule has 18 heavy (non-hydrogen) atoms. The number of aliphatic hydroxyl groups excluding tert-OH is 1. The smallest absolute Gasteiger partial charge is 0.0640 e. The third kappa shape index (κ3) is 2.09. The van der Waals surface area contributed by atoms with Crippen molar-refractivity contribution in [2.45, 2.75) is 51.6 Å². The Morgan fingerprint density at radius 2 is 1.72 bits per heavy atom. The van der Waals surface area contributed by atoms with E-state index in [4.69, 9.17) is 0 Å². The molecule has 0 spiro atoms.